The molecule has 0 atom stereocenters. The van der Waals surface area contributed by atoms with Crippen molar-refractivity contribution in [1.82, 2.24) is 0 Å². The first kappa shape index (κ1) is 60.3. The van der Waals surface area contributed by atoms with Crippen LogP contribution in [0.4, 0.5) is 0 Å². The molecule has 2 aliphatic rings. The Labute approximate surface area is 407 Å². The van der Waals surface area contributed by atoms with Gasteiger partial charge in [-0.2, -0.15) is 0 Å². The van der Waals surface area contributed by atoms with Gasteiger partial charge >= 0.3 is 0 Å². The van der Waals surface area contributed by atoms with E-state index in [2.05, 4.69) is 205 Å². The molecular weight excluding hydrogens is 793 g/mol. The molecule has 0 spiro atoms. The molecule has 0 heterocycles. The van der Waals surface area contributed by atoms with Gasteiger partial charge in [-0.15, -0.1) is 0 Å². The standard InChI is InChI=1S/C25H18.C19H22.C7H8.C4H8.5C2H6.CH4/c1-3-11-19(12-4-1)25(20-13-5-2-6-14-20)23-17-9-7-15-21(23)22-16-8-10-18-24(22)25;1-18(2,3)13-10-11-15-14-8-6-7-9-16(14)19(4,5)17(15)12-13;1-7-5-3-2-4-6-7;1-3-4-2;5*1-2;/h1-18H;6-12H,1-5H3;2-6H,1H3;3-4H,1-2H3;5*1-2H3;1H4/b;;;4-3-;;;;;;. The molecule has 0 bridgehead atoms. The molecule has 0 nitrogen and oxygen atoms in total. The fourth-order valence-corrected chi connectivity index (χ4v) is 8.11. The summed E-state index contributed by atoms with van der Waals surface area (Å²) in [6.45, 7) is 37.6. The molecule has 0 fully saturated rings. The molecule has 0 aromatic heterocycles. The highest BCUT2D eigenvalue weighted by Crippen LogP contribution is 2.56. The van der Waals surface area contributed by atoms with Gasteiger partial charge in [-0.05, 0) is 87.4 Å². The van der Waals surface area contributed by atoms with E-state index in [9.17, 15) is 0 Å². The first-order valence-electron chi connectivity index (χ1n) is 24.7. The molecule has 0 N–H and O–H groups in total. The van der Waals surface area contributed by atoms with Gasteiger partial charge < -0.3 is 0 Å². The highest BCUT2D eigenvalue weighted by Gasteiger charge is 2.45. The third-order valence-electron chi connectivity index (χ3n) is 11.1. The molecule has 66 heavy (non-hydrogen) atoms. The summed E-state index contributed by atoms with van der Waals surface area (Å²) in [6, 6.07) is 65.5. The van der Waals surface area contributed by atoms with Gasteiger partial charge in [0.2, 0.25) is 0 Å². The lowest BCUT2D eigenvalue weighted by atomic mass is 9.68. The second kappa shape index (κ2) is 31.2. The van der Waals surface area contributed by atoms with Crippen LogP contribution in [0.1, 0.15) is 170 Å². The lowest BCUT2D eigenvalue weighted by Gasteiger charge is -2.33. The normalized spacial score (nSPS) is 11.8. The van der Waals surface area contributed by atoms with E-state index in [0.717, 1.165) is 0 Å². The Morgan fingerprint density at radius 2 is 0.667 bits per heavy atom. The van der Waals surface area contributed by atoms with Crippen LogP contribution in [0, 0.1) is 6.92 Å². The smallest absolute Gasteiger partial charge is 0.0713 e. The third kappa shape index (κ3) is 14.4. The van der Waals surface area contributed by atoms with Gasteiger partial charge in [-0.25, -0.2) is 0 Å². The van der Waals surface area contributed by atoms with E-state index in [0.29, 0.717) is 0 Å². The zero-order chi connectivity index (χ0) is 49.1. The zero-order valence-corrected chi connectivity index (χ0v) is 44.0. The van der Waals surface area contributed by atoms with Crippen molar-refractivity contribution in [2.45, 2.75) is 148 Å². The van der Waals surface area contributed by atoms with E-state index in [-0.39, 0.29) is 23.7 Å². The van der Waals surface area contributed by atoms with E-state index >= 15 is 0 Å². The van der Waals surface area contributed by atoms with Crippen molar-refractivity contribution in [3.63, 3.8) is 0 Å². The summed E-state index contributed by atoms with van der Waals surface area (Å²) in [6.07, 6.45) is 4.00. The van der Waals surface area contributed by atoms with Crippen LogP contribution >= 0.6 is 0 Å². The number of rotatable bonds is 2. The van der Waals surface area contributed by atoms with Crippen molar-refractivity contribution in [3.8, 4) is 22.3 Å². The summed E-state index contributed by atoms with van der Waals surface area (Å²) >= 11 is 0. The predicted molar refractivity (Wildman–Crippen MR) is 302 cm³/mol. The van der Waals surface area contributed by atoms with Crippen molar-refractivity contribution in [3.05, 3.63) is 239 Å². The van der Waals surface area contributed by atoms with Crippen LogP contribution in [0.25, 0.3) is 22.3 Å². The van der Waals surface area contributed by atoms with Gasteiger partial charge in [-0.3, -0.25) is 0 Å². The van der Waals surface area contributed by atoms with E-state index in [4.69, 9.17) is 0 Å². The maximum atomic E-state index is 2.41. The van der Waals surface area contributed by atoms with E-state index in [1.807, 2.05) is 113 Å². The van der Waals surface area contributed by atoms with Gasteiger partial charge in [-0.1, -0.05) is 311 Å². The van der Waals surface area contributed by atoms with Crippen LogP contribution in [-0.2, 0) is 16.2 Å². The summed E-state index contributed by atoms with van der Waals surface area (Å²) in [7, 11) is 0. The number of aryl methyl sites for hydroxylation is 1. The van der Waals surface area contributed by atoms with Crippen LogP contribution in [0.5, 0.6) is 0 Å². The lowest BCUT2D eigenvalue weighted by molar-refractivity contribution is 0.584. The number of fused-ring (bicyclic) bond motifs is 6. The van der Waals surface area contributed by atoms with Gasteiger partial charge in [0.1, 0.15) is 0 Å². The Kier molecular flexibility index (Phi) is 28.5. The summed E-state index contributed by atoms with van der Waals surface area (Å²) < 4.78 is 0. The first-order valence-corrected chi connectivity index (χ1v) is 24.7. The third-order valence-corrected chi connectivity index (χ3v) is 11.1. The Balaban J connectivity index is 0.000000910. The fraction of sp³-hybridized carbons (Fsp3) is 0.333. The number of allylic oxidation sites excluding steroid dienone is 2. The van der Waals surface area contributed by atoms with Crippen LogP contribution in [-0.4, -0.2) is 0 Å². The van der Waals surface area contributed by atoms with Crippen molar-refractivity contribution in [1.29, 1.82) is 0 Å². The largest absolute Gasteiger partial charge is 0.0919 e. The van der Waals surface area contributed by atoms with E-state index in [1.165, 1.54) is 66.8 Å². The monoisotopic (exact) mass is 883 g/mol. The topological polar surface area (TPSA) is 0 Å². The molecule has 0 aliphatic heterocycles. The summed E-state index contributed by atoms with van der Waals surface area (Å²) in [5.41, 5.74) is 16.6. The van der Waals surface area contributed by atoms with Crippen molar-refractivity contribution in [2.24, 2.45) is 0 Å². The summed E-state index contributed by atoms with van der Waals surface area (Å²) in [4.78, 5) is 0. The van der Waals surface area contributed by atoms with Crippen LogP contribution < -0.4 is 0 Å². The Bertz CT molecular complexity index is 2240. The van der Waals surface area contributed by atoms with Crippen LogP contribution in [0.2, 0.25) is 0 Å². The van der Waals surface area contributed by atoms with Gasteiger partial charge in [0, 0.05) is 5.41 Å². The Morgan fingerprint density at radius 1 is 0.364 bits per heavy atom. The molecule has 0 saturated heterocycles. The second-order valence-corrected chi connectivity index (χ2v) is 16.1. The summed E-state index contributed by atoms with van der Waals surface area (Å²) in [5.74, 6) is 0. The first-order chi connectivity index (χ1) is 31.5. The molecule has 2 aliphatic carbocycles. The SMILES string of the molecule is C.C/C=C\C.CC.CC.CC.CC.CC.CC(C)(C)c1ccc2c(c1)C(C)(C)c1ccccc1-2.Cc1ccccc1.c1ccc(C2(c3ccccc3)c3ccccc3-c3ccccc32)cc1. The highest BCUT2D eigenvalue weighted by atomic mass is 14.5. The molecule has 7 aromatic rings. The Hall–Kier alpha value is -5.72. The molecule has 354 valence electrons. The van der Waals surface area contributed by atoms with Crippen molar-refractivity contribution < 1.29 is 0 Å². The molecule has 9 rings (SSSR count). The quantitative estimate of drug-likeness (QED) is 0.152. The molecule has 0 amide bonds. The van der Waals surface area contributed by atoms with Gasteiger partial charge in [0.15, 0.2) is 0 Å². The van der Waals surface area contributed by atoms with E-state index in [1.54, 1.807) is 0 Å². The number of hydrogen-bond acceptors (Lipinski definition) is 0. The molecule has 0 heteroatoms. The van der Waals surface area contributed by atoms with Crippen molar-refractivity contribution in [2.75, 3.05) is 0 Å². The minimum Gasteiger partial charge on any atom is -0.0919 e. The maximum Gasteiger partial charge on any atom is 0.0713 e. The maximum absolute atomic E-state index is 2.41. The molecular formula is C66H90. The molecule has 7 aromatic carbocycles. The zero-order valence-electron chi connectivity index (χ0n) is 44.0. The molecule has 0 radical (unpaired) electrons. The second-order valence-electron chi connectivity index (χ2n) is 16.1. The van der Waals surface area contributed by atoms with Crippen molar-refractivity contribution >= 4 is 0 Å². The van der Waals surface area contributed by atoms with Gasteiger partial charge in [0.05, 0.1) is 5.41 Å². The molecule has 0 saturated carbocycles. The predicted octanol–water partition coefficient (Wildman–Crippen LogP) is 20.7. The van der Waals surface area contributed by atoms with Crippen LogP contribution in [0.15, 0.2) is 194 Å². The minimum atomic E-state index is -0.254. The fourth-order valence-electron chi connectivity index (χ4n) is 8.11. The average molecular weight is 883 g/mol. The molecule has 0 unspecified atom stereocenters. The highest BCUT2D eigenvalue weighted by molar-refractivity contribution is 5.86. The van der Waals surface area contributed by atoms with Gasteiger partial charge in [0.25, 0.3) is 0 Å². The number of benzene rings is 7. The minimum absolute atomic E-state index is 0. The number of hydrogen-bond donors (Lipinski definition) is 0. The average Bonchev–Trinajstić information content (AvgIpc) is 3.81. The lowest BCUT2D eigenvalue weighted by Crippen LogP contribution is -2.28. The Morgan fingerprint density at radius 3 is 1.00 bits per heavy atom. The summed E-state index contributed by atoms with van der Waals surface area (Å²) in [5, 5.41) is 0. The van der Waals surface area contributed by atoms with Crippen LogP contribution in [0.3, 0.4) is 0 Å². The van der Waals surface area contributed by atoms with E-state index < -0.39 is 0 Å².